The number of fused-ring (bicyclic) bond motifs is 1. The van der Waals surface area contributed by atoms with E-state index in [1.54, 1.807) is 22.3 Å². The third-order valence-electron chi connectivity index (χ3n) is 4.30. The summed E-state index contributed by atoms with van der Waals surface area (Å²) in [6.07, 6.45) is 2.59. The van der Waals surface area contributed by atoms with Crippen LogP contribution in [0.3, 0.4) is 0 Å². The highest BCUT2D eigenvalue weighted by Gasteiger charge is 2.46. The van der Waals surface area contributed by atoms with Crippen molar-refractivity contribution >= 4 is 22.6 Å². The van der Waals surface area contributed by atoms with E-state index in [1.165, 1.54) is 12.8 Å². The summed E-state index contributed by atoms with van der Waals surface area (Å²) in [6.45, 7) is 0. The standard InChI is InChI=1S/C16H13I/c17-16-10-9-11(12-5-1-3-7-14(12)16)13-6-2-4-8-15(13)16/h1-8,11H,9-10H2. The smallest absolute Gasteiger partial charge is 0.0684 e. The van der Waals surface area contributed by atoms with Crippen LogP contribution < -0.4 is 0 Å². The molecular formula is C16H13I. The van der Waals surface area contributed by atoms with E-state index in [9.17, 15) is 0 Å². The summed E-state index contributed by atoms with van der Waals surface area (Å²) in [5.74, 6) is 0.638. The molecule has 2 aromatic rings. The molecule has 0 amide bonds. The highest BCUT2D eigenvalue weighted by molar-refractivity contribution is 14.1. The van der Waals surface area contributed by atoms with Crippen LogP contribution in [0.1, 0.15) is 41.0 Å². The molecule has 0 atom stereocenters. The number of hydrogen-bond acceptors (Lipinski definition) is 0. The van der Waals surface area contributed by atoms with Crippen molar-refractivity contribution in [2.24, 2.45) is 0 Å². The van der Waals surface area contributed by atoms with Gasteiger partial charge in [-0.15, -0.1) is 0 Å². The Hall–Kier alpha value is -0.830. The van der Waals surface area contributed by atoms with Gasteiger partial charge in [-0.2, -0.15) is 0 Å². The summed E-state index contributed by atoms with van der Waals surface area (Å²) in [5, 5.41) is 0. The van der Waals surface area contributed by atoms with Crippen LogP contribution in [0.15, 0.2) is 48.5 Å². The van der Waals surface area contributed by atoms with Crippen molar-refractivity contribution in [1.82, 2.24) is 0 Å². The molecule has 0 N–H and O–H groups in total. The molecule has 0 heterocycles. The van der Waals surface area contributed by atoms with E-state index < -0.39 is 0 Å². The summed E-state index contributed by atoms with van der Waals surface area (Å²) in [4.78, 5) is 0. The van der Waals surface area contributed by atoms with E-state index in [1.807, 2.05) is 0 Å². The maximum atomic E-state index is 2.67. The lowest BCUT2D eigenvalue weighted by Gasteiger charge is -2.46. The molecule has 0 fully saturated rings. The van der Waals surface area contributed by atoms with Crippen LogP contribution in [-0.2, 0) is 3.42 Å². The minimum atomic E-state index is 0.222. The largest absolute Gasteiger partial charge is 0.0724 e. The second-order valence-electron chi connectivity index (χ2n) is 5.07. The Morgan fingerprint density at radius 2 is 1.41 bits per heavy atom. The quantitative estimate of drug-likeness (QED) is 0.488. The Labute approximate surface area is 115 Å². The van der Waals surface area contributed by atoms with Crippen LogP contribution in [0, 0.1) is 0 Å². The molecule has 0 aliphatic heterocycles. The van der Waals surface area contributed by atoms with Crippen LogP contribution in [-0.4, -0.2) is 0 Å². The highest BCUT2D eigenvalue weighted by atomic mass is 127. The van der Waals surface area contributed by atoms with Gasteiger partial charge in [0.2, 0.25) is 0 Å². The molecule has 0 aromatic heterocycles. The molecule has 3 aliphatic rings. The van der Waals surface area contributed by atoms with Crippen LogP contribution in [0.25, 0.3) is 0 Å². The van der Waals surface area contributed by atoms with Crippen molar-refractivity contribution in [1.29, 1.82) is 0 Å². The molecular weight excluding hydrogens is 319 g/mol. The zero-order valence-corrected chi connectivity index (χ0v) is 11.6. The number of halogens is 1. The Balaban J connectivity index is 2.10. The maximum Gasteiger partial charge on any atom is 0.0724 e. The molecule has 17 heavy (non-hydrogen) atoms. The van der Waals surface area contributed by atoms with E-state index in [0.29, 0.717) is 5.92 Å². The Morgan fingerprint density at radius 3 is 2.00 bits per heavy atom. The SMILES string of the molecule is IC12CCC(c3ccccc31)c1ccccc12. The monoisotopic (exact) mass is 332 g/mol. The van der Waals surface area contributed by atoms with Gasteiger partial charge < -0.3 is 0 Å². The molecule has 5 rings (SSSR count). The minimum absolute atomic E-state index is 0.222. The number of hydrogen-bond donors (Lipinski definition) is 0. The molecule has 0 saturated heterocycles. The first-order valence-electron chi connectivity index (χ1n) is 6.18. The third-order valence-corrected chi connectivity index (χ3v) is 6.01. The fourth-order valence-corrected chi connectivity index (χ4v) is 4.85. The molecule has 0 saturated carbocycles. The van der Waals surface area contributed by atoms with Crippen molar-refractivity contribution < 1.29 is 0 Å². The second kappa shape index (κ2) is 3.35. The summed E-state index contributed by atoms with van der Waals surface area (Å²) >= 11 is 2.67. The average molecular weight is 332 g/mol. The molecule has 84 valence electrons. The molecule has 1 heteroatoms. The Kier molecular flexibility index (Phi) is 1.99. The van der Waals surface area contributed by atoms with Gasteiger partial charge in [-0.1, -0.05) is 71.1 Å². The minimum Gasteiger partial charge on any atom is -0.0684 e. The third kappa shape index (κ3) is 1.18. The van der Waals surface area contributed by atoms with Crippen molar-refractivity contribution in [2.45, 2.75) is 22.2 Å². The van der Waals surface area contributed by atoms with E-state index >= 15 is 0 Å². The molecule has 3 aliphatic carbocycles. The van der Waals surface area contributed by atoms with Gasteiger partial charge in [0.15, 0.2) is 0 Å². The van der Waals surface area contributed by atoms with Gasteiger partial charge in [-0.3, -0.25) is 0 Å². The van der Waals surface area contributed by atoms with Crippen molar-refractivity contribution in [3.05, 3.63) is 70.8 Å². The lowest BCUT2D eigenvalue weighted by molar-refractivity contribution is 0.504. The predicted molar refractivity (Wildman–Crippen MR) is 78.8 cm³/mol. The van der Waals surface area contributed by atoms with Crippen molar-refractivity contribution in [3.8, 4) is 0 Å². The van der Waals surface area contributed by atoms with E-state index in [-0.39, 0.29) is 3.42 Å². The van der Waals surface area contributed by atoms with Gasteiger partial charge in [-0.05, 0) is 35.1 Å². The molecule has 0 radical (unpaired) electrons. The zero-order chi connectivity index (χ0) is 11.5. The summed E-state index contributed by atoms with van der Waals surface area (Å²) in [6, 6.07) is 18.0. The van der Waals surface area contributed by atoms with E-state index in [2.05, 4.69) is 71.1 Å². The van der Waals surface area contributed by atoms with Crippen LogP contribution in [0.2, 0.25) is 0 Å². The molecule has 0 unspecified atom stereocenters. The summed E-state index contributed by atoms with van der Waals surface area (Å²) in [7, 11) is 0. The molecule has 0 spiro atoms. The highest BCUT2D eigenvalue weighted by Crippen LogP contribution is 2.59. The molecule has 2 bridgehead atoms. The van der Waals surface area contributed by atoms with E-state index in [0.717, 1.165) is 0 Å². The van der Waals surface area contributed by atoms with Crippen LogP contribution in [0.4, 0.5) is 0 Å². The summed E-state index contributed by atoms with van der Waals surface area (Å²) < 4.78 is 0.222. The van der Waals surface area contributed by atoms with Gasteiger partial charge in [0, 0.05) is 5.92 Å². The van der Waals surface area contributed by atoms with Crippen molar-refractivity contribution in [3.63, 3.8) is 0 Å². The van der Waals surface area contributed by atoms with Gasteiger partial charge in [0.1, 0.15) is 0 Å². The van der Waals surface area contributed by atoms with Gasteiger partial charge in [-0.25, -0.2) is 0 Å². The predicted octanol–water partition coefficient (Wildman–Crippen LogP) is 4.60. The van der Waals surface area contributed by atoms with E-state index in [4.69, 9.17) is 0 Å². The average Bonchev–Trinajstić information content (AvgIpc) is 2.40. The molecule has 2 aromatic carbocycles. The number of alkyl halides is 1. The number of benzene rings is 2. The van der Waals surface area contributed by atoms with Gasteiger partial charge in [0.05, 0.1) is 3.42 Å². The maximum absolute atomic E-state index is 2.67. The van der Waals surface area contributed by atoms with Crippen LogP contribution >= 0.6 is 22.6 Å². The Bertz CT molecular complexity index is 552. The van der Waals surface area contributed by atoms with Gasteiger partial charge >= 0.3 is 0 Å². The first-order valence-corrected chi connectivity index (χ1v) is 7.26. The Morgan fingerprint density at radius 1 is 0.882 bits per heavy atom. The first kappa shape index (κ1) is 10.1. The topological polar surface area (TPSA) is 0 Å². The first-order chi connectivity index (χ1) is 8.31. The zero-order valence-electron chi connectivity index (χ0n) is 9.49. The number of rotatable bonds is 0. The summed E-state index contributed by atoms with van der Waals surface area (Å²) in [5.41, 5.74) is 6.23. The van der Waals surface area contributed by atoms with Crippen LogP contribution in [0.5, 0.6) is 0 Å². The van der Waals surface area contributed by atoms with Gasteiger partial charge in [0.25, 0.3) is 0 Å². The molecule has 0 nitrogen and oxygen atoms in total. The fourth-order valence-electron chi connectivity index (χ4n) is 3.56. The van der Waals surface area contributed by atoms with Crippen molar-refractivity contribution in [2.75, 3.05) is 0 Å². The second-order valence-corrected chi connectivity index (χ2v) is 6.91. The normalized spacial score (nSPS) is 28.6. The lowest BCUT2D eigenvalue weighted by atomic mass is 9.64. The lowest BCUT2D eigenvalue weighted by Crippen LogP contribution is -2.35. The fraction of sp³-hybridized carbons (Fsp3) is 0.250.